The summed E-state index contributed by atoms with van der Waals surface area (Å²) < 4.78 is 13.6. The number of H-pyrrole nitrogens is 1. The fourth-order valence-electron chi connectivity index (χ4n) is 2.88. The first-order valence-corrected chi connectivity index (χ1v) is 8.45. The van der Waals surface area contributed by atoms with E-state index in [4.69, 9.17) is 0 Å². The summed E-state index contributed by atoms with van der Waals surface area (Å²) in [5.41, 5.74) is 3.41. The first-order chi connectivity index (χ1) is 12.1. The molecule has 0 bridgehead atoms. The van der Waals surface area contributed by atoms with Gasteiger partial charge in [-0.3, -0.25) is 0 Å². The molecule has 130 valence electrons. The maximum absolute atomic E-state index is 13.6. The second kappa shape index (κ2) is 7.38. The first-order valence-electron chi connectivity index (χ1n) is 8.45. The molecule has 1 aromatic carbocycles. The lowest BCUT2D eigenvalue weighted by molar-refractivity contribution is 0.0698. The van der Waals surface area contributed by atoms with Gasteiger partial charge < -0.3 is 15.4 Å². The summed E-state index contributed by atoms with van der Waals surface area (Å²) in [6, 6.07) is 4.14. The number of carbonyl (C=O) groups is 1. The molecule has 1 aromatic heterocycles. The molecule has 4 nitrogen and oxygen atoms in total. The molecule has 1 heterocycles. The third kappa shape index (κ3) is 3.82. The lowest BCUT2D eigenvalue weighted by Gasteiger charge is -2.09. The van der Waals surface area contributed by atoms with Crippen molar-refractivity contribution in [2.45, 2.75) is 26.2 Å². The Morgan fingerprint density at radius 2 is 2.20 bits per heavy atom. The van der Waals surface area contributed by atoms with Crippen molar-refractivity contribution in [3.63, 3.8) is 0 Å². The minimum absolute atomic E-state index is 0.0291. The van der Waals surface area contributed by atoms with Gasteiger partial charge in [-0.05, 0) is 48.4 Å². The SMILES string of the molecule is CCCCNC=C1C=CC(c2cc3c(C(=O)O)cc(F)cc3[nH]2)=CC1. The van der Waals surface area contributed by atoms with Gasteiger partial charge in [-0.2, -0.15) is 0 Å². The van der Waals surface area contributed by atoms with Crippen LogP contribution in [0.25, 0.3) is 16.5 Å². The van der Waals surface area contributed by atoms with Gasteiger partial charge in [0.25, 0.3) is 0 Å². The fourth-order valence-corrected chi connectivity index (χ4v) is 2.88. The van der Waals surface area contributed by atoms with Crippen LogP contribution in [0.2, 0.25) is 0 Å². The van der Waals surface area contributed by atoms with Crippen molar-refractivity contribution in [2.75, 3.05) is 6.54 Å². The van der Waals surface area contributed by atoms with Crippen LogP contribution < -0.4 is 5.32 Å². The molecule has 0 atom stereocenters. The third-order valence-corrected chi connectivity index (χ3v) is 4.24. The Kier molecular flexibility index (Phi) is 5.03. The molecule has 1 aliphatic carbocycles. The minimum Gasteiger partial charge on any atom is -0.478 e. The van der Waals surface area contributed by atoms with Crippen LogP contribution in [0.4, 0.5) is 4.39 Å². The second-order valence-electron chi connectivity index (χ2n) is 6.13. The number of allylic oxidation sites excluding steroid dienone is 5. The Hall–Kier alpha value is -2.82. The van der Waals surface area contributed by atoms with Gasteiger partial charge in [0.2, 0.25) is 0 Å². The van der Waals surface area contributed by atoms with Crippen LogP contribution in [0.3, 0.4) is 0 Å². The van der Waals surface area contributed by atoms with E-state index in [0.29, 0.717) is 10.9 Å². The van der Waals surface area contributed by atoms with Gasteiger partial charge in [-0.1, -0.05) is 31.6 Å². The number of rotatable bonds is 6. The number of unbranched alkanes of at least 4 members (excludes halogenated alkanes) is 1. The molecule has 3 rings (SSSR count). The van der Waals surface area contributed by atoms with Crippen LogP contribution in [-0.4, -0.2) is 22.6 Å². The highest BCUT2D eigenvalue weighted by Crippen LogP contribution is 2.28. The topological polar surface area (TPSA) is 65.1 Å². The van der Waals surface area contributed by atoms with Crippen molar-refractivity contribution < 1.29 is 14.3 Å². The molecule has 0 saturated carbocycles. The summed E-state index contributed by atoms with van der Waals surface area (Å²) >= 11 is 0. The first kappa shape index (κ1) is 17.0. The highest BCUT2D eigenvalue weighted by atomic mass is 19.1. The second-order valence-corrected chi connectivity index (χ2v) is 6.13. The number of benzene rings is 1. The van der Waals surface area contributed by atoms with E-state index < -0.39 is 11.8 Å². The standard InChI is InChI=1S/C20H21FN2O2/c1-2-3-8-22-12-13-4-6-14(7-5-13)18-11-16-17(20(24)25)9-15(21)10-19(16)23-18/h4,6-7,9-12,22-23H,2-3,5,8H2,1H3,(H,24,25). The molecule has 0 fully saturated rings. The van der Waals surface area contributed by atoms with Gasteiger partial charge >= 0.3 is 5.97 Å². The summed E-state index contributed by atoms with van der Waals surface area (Å²) in [5, 5.41) is 13.1. The van der Waals surface area contributed by atoms with E-state index in [-0.39, 0.29) is 5.56 Å². The van der Waals surface area contributed by atoms with Crippen molar-refractivity contribution in [1.29, 1.82) is 0 Å². The van der Waals surface area contributed by atoms with E-state index in [1.165, 1.54) is 11.6 Å². The maximum Gasteiger partial charge on any atom is 0.336 e. The highest BCUT2D eigenvalue weighted by molar-refractivity contribution is 6.04. The van der Waals surface area contributed by atoms with Crippen LogP contribution in [-0.2, 0) is 0 Å². The molecule has 0 unspecified atom stereocenters. The van der Waals surface area contributed by atoms with Crippen molar-refractivity contribution in [1.82, 2.24) is 10.3 Å². The van der Waals surface area contributed by atoms with E-state index in [1.54, 1.807) is 6.07 Å². The Bertz CT molecular complexity index is 890. The third-order valence-electron chi connectivity index (χ3n) is 4.24. The number of carboxylic acids is 1. The van der Waals surface area contributed by atoms with Crippen LogP contribution >= 0.6 is 0 Å². The van der Waals surface area contributed by atoms with Crippen molar-refractivity contribution in [3.8, 4) is 0 Å². The number of aromatic carboxylic acids is 1. The lowest BCUT2D eigenvalue weighted by atomic mass is 10.0. The molecule has 0 aliphatic heterocycles. The van der Waals surface area contributed by atoms with Crippen LogP contribution in [0.1, 0.15) is 42.2 Å². The van der Waals surface area contributed by atoms with Gasteiger partial charge in [0.1, 0.15) is 5.82 Å². The van der Waals surface area contributed by atoms with E-state index in [9.17, 15) is 14.3 Å². The van der Waals surface area contributed by atoms with Gasteiger partial charge in [0.15, 0.2) is 0 Å². The number of aromatic amines is 1. The smallest absolute Gasteiger partial charge is 0.336 e. The molecule has 1 aliphatic rings. The maximum atomic E-state index is 13.6. The molecule has 0 amide bonds. The van der Waals surface area contributed by atoms with E-state index in [1.807, 2.05) is 18.4 Å². The zero-order valence-electron chi connectivity index (χ0n) is 14.1. The zero-order chi connectivity index (χ0) is 17.8. The van der Waals surface area contributed by atoms with E-state index in [0.717, 1.165) is 43.1 Å². The van der Waals surface area contributed by atoms with Crippen molar-refractivity contribution >= 4 is 22.4 Å². The molecular formula is C20H21FN2O2. The normalized spacial score (nSPS) is 15.6. The number of hydrogen-bond donors (Lipinski definition) is 3. The fraction of sp³-hybridized carbons (Fsp3) is 0.250. The summed E-state index contributed by atoms with van der Waals surface area (Å²) in [5.74, 6) is -1.69. The molecular weight excluding hydrogens is 319 g/mol. The Morgan fingerprint density at radius 3 is 2.88 bits per heavy atom. The number of aromatic nitrogens is 1. The summed E-state index contributed by atoms with van der Waals surface area (Å²) in [6.07, 6.45) is 11.2. The quantitative estimate of drug-likeness (QED) is 0.672. The number of carboxylic acid groups (broad SMARTS) is 1. The molecule has 0 spiro atoms. The molecule has 3 N–H and O–H groups in total. The van der Waals surface area contributed by atoms with Crippen LogP contribution in [0.5, 0.6) is 0 Å². The number of hydrogen-bond acceptors (Lipinski definition) is 2. The number of halogens is 1. The number of nitrogens with one attached hydrogen (secondary N) is 2. The lowest BCUT2D eigenvalue weighted by Crippen LogP contribution is -2.07. The predicted molar refractivity (Wildman–Crippen MR) is 97.9 cm³/mol. The summed E-state index contributed by atoms with van der Waals surface area (Å²) in [6.45, 7) is 3.13. The zero-order valence-corrected chi connectivity index (χ0v) is 14.1. The van der Waals surface area contributed by atoms with E-state index >= 15 is 0 Å². The summed E-state index contributed by atoms with van der Waals surface area (Å²) in [4.78, 5) is 14.4. The van der Waals surface area contributed by atoms with Crippen LogP contribution in [0, 0.1) is 5.82 Å². The Labute approximate surface area is 145 Å². The Morgan fingerprint density at radius 1 is 1.36 bits per heavy atom. The van der Waals surface area contributed by atoms with Crippen LogP contribution in [0.15, 0.2) is 48.2 Å². The van der Waals surface area contributed by atoms with E-state index in [2.05, 4.69) is 23.3 Å². The predicted octanol–water partition coefficient (Wildman–Crippen LogP) is 4.62. The number of fused-ring (bicyclic) bond motifs is 1. The monoisotopic (exact) mass is 340 g/mol. The average Bonchev–Trinajstić information content (AvgIpc) is 3.02. The highest BCUT2D eigenvalue weighted by Gasteiger charge is 2.15. The van der Waals surface area contributed by atoms with Gasteiger partial charge in [0, 0.05) is 23.1 Å². The van der Waals surface area contributed by atoms with Gasteiger partial charge in [0.05, 0.1) is 5.56 Å². The van der Waals surface area contributed by atoms with Crippen molar-refractivity contribution in [2.24, 2.45) is 0 Å². The van der Waals surface area contributed by atoms with Crippen molar-refractivity contribution in [3.05, 3.63) is 65.3 Å². The van der Waals surface area contributed by atoms with Gasteiger partial charge in [-0.15, -0.1) is 0 Å². The largest absolute Gasteiger partial charge is 0.478 e. The molecule has 2 aromatic rings. The van der Waals surface area contributed by atoms with Gasteiger partial charge in [-0.25, -0.2) is 9.18 Å². The summed E-state index contributed by atoms with van der Waals surface area (Å²) in [7, 11) is 0. The minimum atomic E-state index is -1.13. The average molecular weight is 340 g/mol. The molecule has 5 heteroatoms. The Balaban J connectivity index is 1.82. The molecule has 0 radical (unpaired) electrons. The molecule has 0 saturated heterocycles. The molecule has 25 heavy (non-hydrogen) atoms.